The van der Waals surface area contributed by atoms with Crippen LogP contribution in [-0.4, -0.2) is 58.5 Å². The largest absolute Gasteiger partial charge is 0.433 e. The van der Waals surface area contributed by atoms with Crippen molar-refractivity contribution in [3.63, 3.8) is 0 Å². The minimum Gasteiger partial charge on any atom is -0.432 e. The molecule has 0 saturated carbocycles. The number of hydrogen-bond acceptors (Lipinski definition) is 6. The topological polar surface area (TPSA) is 75.6 Å². The summed E-state index contributed by atoms with van der Waals surface area (Å²) in [5.74, 6) is -0.875. The number of halogens is 5. The van der Waals surface area contributed by atoms with Crippen LogP contribution in [0.5, 0.6) is 0 Å². The number of piperidine rings is 1. The first-order valence-corrected chi connectivity index (χ1v) is 8.03. The first kappa shape index (κ1) is 19.2. The second-order valence-electron chi connectivity index (χ2n) is 6.31. The number of ether oxygens (including phenoxy) is 1. The number of aromatic nitrogens is 2. The summed E-state index contributed by atoms with van der Waals surface area (Å²) in [6, 6.07) is 0.802. The van der Waals surface area contributed by atoms with E-state index in [4.69, 9.17) is 4.74 Å². The molecular formula is C15H15F5N4O3. The number of carbonyl (C=O) groups excluding carboxylic acids is 2. The van der Waals surface area contributed by atoms with Crippen LogP contribution in [0.2, 0.25) is 0 Å². The van der Waals surface area contributed by atoms with Gasteiger partial charge in [-0.25, -0.2) is 28.4 Å². The van der Waals surface area contributed by atoms with Crippen LogP contribution >= 0.6 is 0 Å². The average Bonchev–Trinajstić information content (AvgIpc) is 2.78. The Morgan fingerprint density at radius 1 is 1.22 bits per heavy atom. The highest BCUT2D eigenvalue weighted by atomic mass is 19.4. The van der Waals surface area contributed by atoms with Crippen LogP contribution in [0.15, 0.2) is 6.07 Å². The van der Waals surface area contributed by atoms with E-state index in [0.717, 1.165) is 6.07 Å². The third-order valence-electron chi connectivity index (χ3n) is 4.47. The van der Waals surface area contributed by atoms with Crippen LogP contribution in [0.3, 0.4) is 0 Å². The van der Waals surface area contributed by atoms with Gasteiger partial charge in [-0.05, 0) is 6.92 Å². The number of hydrogen-bond donors (Lipinski definition) is 0. The molecule has 0 aliphatic carbocycles. The van der Waals surface area contributed by atoms with Gasteiger partial charge in [-0.15, -0.1) is 0 Å². The fourth-order valence-corrected chi connectivity index (χ4v) is 3.16. The fraction of sp³-hybridized carbons (Fsp3) is 0.600. The zero-order valence-electron chi connectivity index (χ0n) is 14.1. The van der Waals surface area contributed by atoms with Gasteiger partial charge in [0, 0.05) is 32.0 Å². The molecule has 1 aromatic heterocycles. The van der Waals surface area contributed by atoms with Gasteiger partial charge in [-0.2, -0.15) is 13.2 Å². The van der Waals surface area contributed by atoms with Crippen molar-refractivity contribution in [2.24, 2.45) is 0 Å². The molecule has 2 fully saturated rings. The molecule has 27 heavy (non-hydrogen) atoms. The highest BCUT2D eigenvalue weighted by Crippen LogP contribution is 2.37. The van der Waals surface area contributed by atoms with E-state index in [1.165, 1.54) is 11.8 Å². The van der Waals surface area contributed by atoms with E-state index < -0.39 is 42.4 Å². The summed E-state index contributed by atoms with van der Waals surface area (Å²) in [5, 5.41) is 0. The van der Waals surface area contributed by atoms with E-state index in [2.05, 4.69) is 9.97 Å². The number of imide groups is 1. The number of amides is 2. The molecule has 1 aromatic rings. The number of rotatable bonds is 3. The van der Waals surface area contributed by atoms with Gasteiger partial charge in [0.2, 0.25) is 0 Å². The van der Waals surface area contributed by atoms with Crippen molar-refractivity contribution in [2.75, 3.05) is 24.5 Å². The van der Waals surface area contributed by atoms with Crippen LogP contribution < -0.4 is 4.90 Å². The standard InChI is InChI=1S/C15H15F5N4O3/c1-8-21-9(15(18,19)20)6-11(22-8)23-4-2-14(3-5-23)12(25)24(7-10(16)17)13(26)27-14/h6,10H,2-5,7H2,1H3. The molecule has 2 amide bonds. The Labute approximate surface area is 150 Å². The second kappa shape index (κ2) is 6.57. The molecule has 0 bridgehead atoms. The molecule has 3 heterocycles. The van der Waals surface area contributed by atoms with Gasteiger partial charge in [0.05, 0.1) is 6.54 Å². The van der Waals surface area contributed by atoms with Crippen LogP contribution in [-0.2, 0) is 15.7 Å². The summed E-state index contributed by atoms with van der Waals surface area (Å²) in [6.07, 6.45) is -8.73. The van der Waals surface area contributed by atoms with Gasteiger partial charge in [0.1, 0.15) is 17.3 Å². The van der Waals surface area contributed by atoms with Crippen LogP contribution in [0.4, 0.5) is 32.6 Å². The van der Waals surface area contributed by atoms with Crippen molar-refractivity contribution in [3.05, 3.63) is 17.6 Å². The van der Waals surface area contributed by atoms with Gasteiger partial charge in [-0.1, -0.05) is 0 Å². The number of aryl methyl sites for hydroxylation is 1. The Bertz CT molecular complexity index is 762. The quantitative estimate of drug-likeness (QED) is 0.733. The van der Waals surface area contributed by atoms with Gasteiger partial charge < -0.3 is 9.64 Å². The fourth-order valence-electron chi connectivity index (χ4n) is 3.16. The molecule has 3 rings (SSSR count). The number of nitrogens with zero attached hydrogens (tertiary/aromatic N) is 4. The van der Waals surface area contributed by atoms with E-state index in [1.807, 2.05) is 0 Å². The Hall–Kier alpha value is -2.53. The van der Waals surface area contributed by atoms with E-state index in [9.17, 15) is 31.5 Å². The molecule has 0 aromatic carbocycles. The lowest BCUT2D eigenvalue weighted by Gasteiger charge is -2.36. The molecule has 2 aliphatic rings. The van der Waals surface area contributed by atoms with E-state index in [0.29, 0.717) is 4.90 Å². The summed E-state index contributed by atoms with van der Waals surface area (Å²) in [4.78, 5) is 33.3. The zero-order chi connectivity index (χ0) is 20.0. The van der Waals surface area contributed by atoms with Gasteiger partial charge >= 0.3 is 12.3 Å². The smallest absolute Gasteiger partial charge is 0.432 e. The lowest BCUT2D eigenvalue weighted by molar-refractivity contribution is -0.141. The maximum Gasteiger partial charge on any atom is 0.433 e. The molecule has 0 N–H and O–H groups in total. The van der Waals surface area contributed by atoms with Crippen molar-refractivity contribution in [1.82, 2.24) is 14.9 Å². The molecule has 2 aliphatic heterocycles. The SMILES string of the molecule is Cc1nc(N2CCC3(CC2)OC(=O)N(CC(F)F)C3=O)cc(C(F)(F)F)n1. The maximum atomic E-state index is 12.9. The highest BCUT2D eigenvalue weighted by molar-refractivity contribution is 6.03. The first-order chi connectivity index (χ1) is 12.5. The Balaban J connectivity index is 1.76. The van der Waals surface area contributed by atoms with Crippen molar-refractivity contribution in [2.45, 2.75) is 38.0 Å². The normalized spacial score (nSPS) is 20.0. The third-order valence-corrected chi connectivity index (χ3v) is 4.47. The first-order valence-electron chi connectivity index (χ1n) is 8.03. The van der Waals surface area contributed by atoms with Crippen LogP contribution in [0.25, 0.3) is 0 Å². The second-order valence-corrected chi connectivity index (χ2v) is 6.31. The minimum absolute atomic E-state index is 0.0332. The lowest BCUT2D eigenvalue weighted by atomic mass is 9.90. The van der Waals surface area contributed by atoms with E-state index >= 15 is 0 Å². The van der Waals surface area contributed by atoms with Gasteiger partial charge in [0.15, 0.2) is 5.60 Å². The van der Waals surface area contributed by atoms with Crippen LogP contribution in [0.1, 0.15) is 24.4 Å². The zero-order valence-corrected chi connectivity index (χ0v) is 14.1. The molecule has 0 atom stereocenters. The Kier molecular flexibility index (Phi) is 4.68. The van der Waals surface area contributed by atoms with E-state index in [1.54, 1.807) is 0 Å². The molecule has 7 nitrogen and oxygen atoms in total. The van der Waals surface area contributed by atoms with Crippen molar-refractivity contribution < 1.29 is 36.3 Å². The maximum absolute atomic E-state index is 12.9. The molecular weight excluding hydrogens is 379 g/mol. The summed E-state index contributed by atoms with van der Waals surface area (Å²) in [5.41, 5.74) is -2.64. The average molecular weight is 394 g/mol. The number of carbonyl (C=O) groups is 2. The third kappa shape index (κ3) is 3.65. The lowest BCUT2D eigenvalue weighted by Crippen LogP contribution is -2.50. The molecule has 12 heteroatoms. The summed E-state index contributed by atoms with van der Waals surface area (Å²) in [7, 11) is 0. The summed E-state index contributed by atoms with van der Waals surface area (Å²) >= 11 is 0. The summed E-state index contributed by atoms with van der Waals surface area (Å²) in [6.45, 7) is 0.405. The molecule has 2 saturated heterocycles. The molecule has 0 radical (unpaired) electrons. The monoisotopic (exact) mass is 394 g/mol. The molecule has 0 unspecified atom stereocenters. The number of alkyl halides is 5. The molecule has 148 valence electrons. The van der Waals surface area contributed by atoms with Crippen molar-refractivity contribution in [3.8, 4) is 0 Å². The molecule has 1 spiro atoms. The predicted octanol–water partition coefficient (Wildman–Crippen LogP) is 2.39. The Morgan fingerprint density at radius 2 is 1.85 bits per heavy atom. The summed E-state index contributed by atoms with van der Waals surface area (Å²) < 4.78 is 68.9. The predicted molar refractivity (Wildman–Crippen MR) is 80.1 cm³/mol. The van der Waals surface area contributed by atoms with Gasteiger partial charge in [0.25, 0.3) is 12.3 Å². The van der Waals surface area contributed by atoms with Crippen molar-refractivity contribution >= 4 is 17.8 Å². The Morgan fingerprint density at radius 3 is 2.41 bits per heavy atom. The van der Waals surface area contributed by atoms with Gasteiger partial charge in [-0.3, -0.25) is 4.79 Å². The highest BCUT2D eigenvalue weighted by Gasteiger charge is 2.55. The van der Waals surface area contributed by atoms with Crippen molar-refractivity contribution in [1.29, 1.82) is 0 Å². The number of anilines is 1. The van der Waals surface area contributed by atoms with E-state index in [-0.39, 0.29) is 37.6 Å². The van der Waals surface area contributed by atoms with Crippen LogP contribution in [0, 0.1) is 6.92 Å². The minimum atomic E-state index is -4.63.